The molecule has 0 aliphatic heterocycles. The molecule has 1 aromatic carbocycles. The zero-order chi connectivity index (χ0) is 16.6. The minimum Gasteiger partial charge on any atom is -0.395 e. The number of benzene rings is 1. The van der Waals surface area contributed by atoms with Crippen molar-refractivity contribution >= 4 is 8.07 Å². The smallest absolute Gasteiger partial charge is 0.129 e. The van der Waals surface area contributed by atoms with E-state index in [1.165, 1.54) is 0 Å². The molecule has 3 atom stereocenters. The topological polar surface area (TPSA) is 49.7 Å². The van der Waals surface area contributed by atoms with Gasteiger partial charge >= 0.3 is 0 Å². The molecule has 0 bridgehead atoms. The SMILES string of the molecule is C[C@H](COCc1ccccc1)[C@H](O)[C@@H](C#C[Si](C)(C)C)CO. The van der Waals surface area contributed by atoms with E-state index in [4.69, 9.17) is 4.74 Å². The third-order valence-electron chi connectivity index (χ3n) is 3.32. The number of aliphatic hydroxyl groups is 2. The summed E-state index contributed by atoms with van der Waals surface area (Å²) in [5.41, 5.74) is 4.33. The molecule has 0 radical (unpaired) electrons. The van der Waals surface area contributed by atoms with Crippen LogP contribution in [0.2, 0.25) is 19.6 Å². The highest BCUT2D eigenvalue weighted by Gasteiger charge is 2.23. The van der Waals surface area contributed by atoms with Gasteiger partial charge in [-0.25, -0.2) is 0 Å². The Bertz CT molecular complexity index is 485. The Morgan fingerprint density at radius 3 is 2.36 bits per heavy atom. The van der Waals surface area contributed by atoms with E-state index in [1.54, 1.807) is 0 Å². The van der Waals surface area contributed by atoms with E-state index in [0.29, 0.717) is 13.2 Å². The summed E-state index contributed by atoms with van der Waals surface area (Å²) in [6.07, 6.45) is -0.676. The molecule has 4 heteroatoms. The molecule has 0 aliphatic rings. The van der Waals surface area contributed by atoms with Crippen LogP contribution in [0.3, 0.4) is 0 Å². The first kappa shape index (κ1) is 18.9. The Kier molecular flexibility index (Phi) is 7.84. The summed E-state index contributed by atoms with van der Waals surface area (Å²) in [6, 6.07) is 9.95. The lowest BCUT2D eigenvalue weighted by Crippen LogP contribution is -2.32. The summed E-state index contributed by atoms with van der Waals surface area (Å²) in [6.45, 7) is 9.22. The maximum atomic E-state index is 10.3. The molecule has 0 amide bonds. The molecule has 0 fully saturated rings. The van der Waals surface area contributed by atoms with Gasteiger partial charge in [-0.3, -0.25) is 0 Å². The van der Waals surface area contributed by atoms with E-state index < -0.39 is 20.1 Å². The van der Waals surface area contributed by atoms with E-state index in [-0.39, 0.29) is 12.5 Å². The molecule has 122 valence electrons. The predicted molar refractivity (Wildman–Crippen MR) is 93.0 cm³/mol. The van der Waals surface area contributed by atoms with E-state index in [2.05, 4.69) is 31.1 Å². The van der Waals surface area contributed by atoms with E-state index in [1.807, 2.05) is 37.3 Å². The molecule has 2 N–H and O–H groups in total. The van der Waals surface area contributed by atoms with Crippen LogP contribution in [-0.2, 0) is 11.3 Å². The molecule has 0 aromatic heterocycles. The third kappa shape index (κ3) is 7.23. The van der Waals surface area contributed by atoms with Gasteiger partial charge in [-0.15, -0.1) is 11.5 Å². The van der Waals surface area contributed by atoms with Crippen molar-refractivity contribution in [1.29, 1.82) is 0 Å². The van der Waals surface area contributed by atoms with Crippen molar-refractivity contribution in [2.45, 2.75) is 39.3 Å². The third-order valence-corrected chi connectivity index (χ3v) is 4.21. The van der Waals surface area contributed by atoms with Crippen LogP contribution in [0.4, 0.5) is 0 Å². The van der Waals surface area contributed by atoms with Crippen LogP contribution >= 0.6 is 0 Å². The summed E-state index contributed by atoms with van der Waals surface area (Å²) in [5, 5.41) is 19.8. The van der Waals surface area contributed by atoms with Crippen LogP contribution in [0, 0.1) is 23.3 Å². The molecule has 1 aromatic rings. The molecule has 0 unspecified atom stereocenters. The molecule has 0 spiro atoms. The highest BCUT2D eigenvalue weighted by atomic mass is 28.3. The Morgan fingerprint density at radius 2 is 1.82 bits per heavy atom. The monoisotopic (exact) mass is 320 g/mol. The molecule has 1 rings (SSSR count). The zero-order valence-corrected chi connectivity index (χ0v) is 15.0. The van der Waals surface area contributed by atoms with Crippen molar-refractivity contribution in [1.82, 2.24) is 0 Å². The molecular formula is C18H28O3Si. The second-order valence-electron chi connectivity index (χ2n) is 6.78. The Balaban J connectivity index is 2.48. The van der Waals surface area contributed by atoms with Gasteiger partial charge in [-0.1, -0.05) is 56.9 Å². The average Bonchev–Trinajstić information content (AvgIpc) is 2.47. The van der Waals surface area contributed by atoms with Crippen LogP contribution in [0.25, 0.3) is 0 Å². The van der Waals surface area contributed by atoms with E-state index in [9.17, 15) is 10.2 Å². The minimum atomic E-state index is -1.50. The number of hydrogen-bond acceptors (Lipinski definition) is 3. The summed E-state index contributed by atoms with van der Waals surface area (Å²) in [7, 11) is -1.50. The van der Waals surface area contributed by atoms with Crippen LogP contribution in [0.5, 0.6) is 0 Å². The number of ether oxygens (including phenoxy) is 1. The van der Waals surface area contributed by atoms with Gasteiger partial charge in [0.25, 0.3) is 0 Å². The highest BCUT2D eigenvalue weighted by Crippen LogP contribution is 2.14. The van der Waals surface area contributed by atoms with Crippen molar-refractivity contribution in [3.05, 3.63) is 35.9 Å². The van der Waals surface area contributed by atoms with Gasteiger partial charge in [0.15, 0.2) is 0 Å². The average molecular weight is 321 g/mol. The first-order valence-electron chi connectivity index (χ1n) is 7.77. The van der Waals surface area contributed by atoms with Crippen molar-refractivity contribution in [2.24, 2.45) is 11.8 Å². The van der Waals surface area contributed by atoms with Crippen LogP contribution < -0.4 is 0 Å². The zero-order valence-electron chi connectivity index (χ0n) is 14.0. The molecule has 0 aliphatic carbocycles. The van der Waals surface area contributed by atoms with Gasteiger partial charge in [0, 0.05) is 5.92 Å². The molecule has 22 heavy (non-hydrogen) atoms. The van der Waals surface area contributed by atoms with Crippen LogP contribution in [-0.4, -0.2) is 37.6 Å². The van der Waals surface area contributed by atoms with Gasteiger partial charge in [0.1, 0.15) is 8.07 Å². The Morgan fingerprint density at radius 1 is 1.18 bits per heavy atom. The minimum absolute atomic E-state index is 0.0724. The van der Waals surface area contributed by atoms with Crippen LogP contribution in [0.15, 0.2) is 30.3 Å². The van der Waals surface area contributed by atoms with Crippen molar-refractivity contribution < 1.29 is 14.9 Å². The van der Waals surface area contributed by atoms with Gasteiger partial charge in [-0.05, 0) is 5.56 Å². The Hall–Kier alpha value is -1.12. The number of aliphatic hydroxyl groups excluding tert-OH is 2. The normalized spacial score (nSPS) is 15.5. The fourth-order valence-electron chi connectivity index (χ4n) is 1.98. The van der Waals surface area contributed by atoms with Crippen molar-refractivity contribution in [2.75, 3.05) is 13.2 Å². The largest absolute Gasteiger partial charge is 0.395 e. The van der Waals surface area contributed by atoms with Gasteiger partial charge in [0.05, 0.1) is 31.8 Å². The van der Waals surface area contributed by atoms with E-state index >= 15 is 0 Å². The second-order valence-corrected chi connectivity index (χ2v) is 11.5. The summed E-state index contributed by atoms with van der Waals surface area (Å²) >= 11 is 0. The summed E-state index contributed by atoms with van der Waals surface area (Å²) < 4.78 is 5.66. The van der Waals surface area contributed by atoms with Gasteiger partial charge in [0.2, 0.25) is 0 Å². The second kappa shape index (κ2) is 9.11. The number of hydrogen-bond donors (Lipinski definition) is 2. The highest BCUT2D eigenvalue weighted by molar-refractivity contribution is 6.83. The Labute approximate surface area is 135 Å². The molecular weight excluding hydrogens is 292 g/mol. The van der Waals surface area contributed by atoms with Gasteiger partial charge < -0.3 is 14.9 Å². The molecule has 0 saturated heterocycles. The lowest BCUT2D eigenvalue weighted by atomic mass is 9.94. The lowest BCUT2D eigenvalue weighted by molar-refractivity contribution is 0.000859. The molecule has 0 heterocycles. The summed E-state index contributed by atoms with van der Waals surface area (Å²) in [5.74, 6) is 2.58. The van der Waals surface area contributed by atoms with Crippen LogP contribution in [0.1, 0.15) is 12.5 Å². The fourth-order valence-corrected chi connectivity index (χ4v) is 2.60. The number of rotatable bonds is 7. The maximum Gasteiger partial charge on any atom is 0.129 e. The predicted octanol–water partition coefficient (Wildman–Crippen LogP) is 2.69. The van der Waals surface area contributed by atoms with Gasteiger partial charge in [-0.2, -0.15) is 0 Å². The van der Waals surface area contributed by atoms with Crippen molar-refractivity contribution in [3.63, 3.8) is 0 Å². The standard InChI is InChI=1S/C18H28O3Si/c1-15(13-21-14-16-8-6-5-7-9-16)18(20)17(12-19)10-11-22(2,3)4/h5-9,15,17-20H,12-14H2,1-4H3/t15-,17+,18+/m1/s1. The quantitative estimate of drug-likeness (QED) is 0.600. The first-order chi connectivity index (χ1) is 10.3. The molecule has 0 saturated carbocycles. The fraction of sp³-hybridized carbons (Fsp3) is 0.556. The van der Waals surface area contributed by atoms with E-state index in [0.717, 1.165) is 5.56 Å². The lowest BCUT2D eigenvalue weighted by Gasteiger charge is -2.23. The maximum absolute atomic E-state index is 10.3. The summed E-state index contributed by atoms with van der Waals surface area (Å²) in [4.78, 5) is 0. The van der Waals surface area contributed by atoms with Crippen molar-refractivity contribution in [3.8, 4) is 11.5 Å². The molecule has 3 nitrogen and oxygen atoms in total. The first-order valence-corrected chi connectivity index (χ1v) is 11.3.